The topological polar surface area (TPSA) is 20.3 Å². The molecule has 64 valence electrons. The predicted molar refractivity (Wildman–Crippen MR) is 45.5 cm³/mol. The molecular formula is C9H17NO. The van der Waals surface area contributed by atoms with Crippen molar-refractivity contribution in [2.75, 3.05) is 19.6 Å². The zero-order valence-electron chi connectivity index (χ0n) is 7.25. The van der Waals surface area contributed by atoms with Gasteiger partial charge in [0.2, 0.25) is 0 Å². The first-order valence-electron chi connectivity index (χ1n) is 4.49. The maximum Gasteiger partial charge on any atom is 0.133 e. The number of hydrogen-bond donors (Lipinski definition) is 0. The summed E-state index contributed by atoms with van der Waals surface area (Å²) in [6.45, 7) is 5.12. The Morgan fingerprint density at radius 3 is 3.09 bits per heavy atom. The van der Waals surface area contributed by atoms with Crippen LogP contribution in [0.2, 0.25) is 0 Å². The van der Waals surface area contributed by atoms with Crippen LogP contribution in [0.5, 0.6) is 0 Å². The highest BCUT2D eigenvalue weighted by Gasteiger charge is 2.13. The van der Waals surface area contributed by atoms with Crippen molar-refractivity contribution in [1.29, 1.82) is 0 Å². The van der Waals surface area contributed by atoms with Crippen LogP contribution >= 0.6 is 0 Å². The molecule has 2 heteroatoms. The molecule has 1 aliphatic heterocycles. The van der Waals surface area contributed by atoms with Gasteiger partial charge in [-0.2, -0.15) is 0 Å². The highest BCUT2D eigenvalue weighted by Crippen LogP contribution is 2.14. The summed E-state index contributed by atoms with van der Waals surface area (Å²) in [5, 5.41) is 0. The maximum atomic E-state index is 10.3. The van der Waals surface area contributed by atoms with Crippen molar-refractivity contribution in [3.8, 4) is 0 Å². The lowest BCUT2D eigenvalue weighted by molar-refractivity contribution is -0.108. The number of hydrogen-bond acceptors (Lipinski definition) is 2. The van der Waals surface area contributed by atoms with E-state index in [-0.39, 0.29) is 0 Å². The van der Waals surface area contributed by atoms with E-state index in [1.165, 1.54) is 19.3 Å². The number of rotatable bonds is 2. The molecular weight excluding hydrogens is 138 g/mol. The Bertz CT molecular complexity index is 125. The zero-order chi connectivity index (χ0) is 8.10. The molecule has 0 saturated carbocycles. The molecule has 0 N–H and O–H groups in total. The second-order valence-corrected chi connectivity index (χ2v) is 3.53. The number of carbonyl (C=O) groups excluding carboxylic acids is 1. The summed E-state index contributed by atoms with van der Waals surface area (Å²) in [6, 6.07) is 0. The number of likely N-dealkylation sites (tertiary alicyclic amines) is 1. The van der Waals surface area contributed by atoms with E-state index in [0.717, 1.165) is 25.3 Å². The number of carbonyl (C=O) groups is 1. The van der Waals surface area contributed by atoms with Gasteiger partial charge in [-0.15, -0.1) is 0 Å². The average molecular weight is 155 g/mol. The molecule has 0 bridgehead atoms. The van der Waals surface area contributed by atoms with Crippen LogP contribution in [-0.4, -0.2) is 30.8 Å². The predicted octanol–water partition coefficient (Wildman–Crippen LogP) is 1.31. The van der Waals surface area contributed by atoms with E-state index in [4.69, 9.17) is 0 Å². The van der Waals surface area contributed by atoms with Gasteiger partial charge >= 0.3 is 0 Å². The van der Waals surface area contributed by atoms with E-state index in [0.29, 0.717) is 6.54 Å². The third-order valence-electron chi connectivity index (χ3n) is 2.32. The molecule has 0 radical (unpaired) electrons. The molecule has 1 rings (SSSR count). The summed E-state index contributed by atoms with van der Waals surface area (Å²) >= 11 is 0. The van der Waals surface area contributed by atoms with E-state index >= 15 is 0 Å². The van der Waals surface area contributed by atoms with Crippen LogP contribution in [0.4, 0.5) is 0 Å². The SMILES string of the molecule is CC1CCCCN(CC=O)C1. The van der Waals surface area contributed by atoms with Crippen LogP contribution in [0.15, 0.2) is 0 Å². The molecule has 2 nitrogen and oxygen atoms in total. The Morgan fingerprint density at radius 2 is 2.36 bits per heavy atom. The summed E-state index contributed by atoms with van der Waals surface area (Å²) in [5.41, 5.74) is 0. The lowest BCUT2D eigenvalue weighted by Crippen LogP contribution is -2.29. The minimum atomic E-state index is 0.629. The first-order valence-corrected chi connectivity index (χ1v) is 4.49. The summed E-state index contributed by atoms with van der Waals surface area (Å²) in [4.78, 5) is 12.5. The number of aldehydes is 1. The third-order valence-corrected chi connectivity index (χ3v) is 2.32. The Balaban J connectivity index is 2.32. The summed E-state index contributed by atoms with van der Waals surface area (Å²) < 4.78 is 0. The Hall–Kier alpha value is -0.370. The van der Waals surface area contributed by atoms with E-state index in [9.17, 15) is 4.79 Å². The molecule has 0 aromatic carbocycles. The molecule has 0 aromatic heterocycles. The highest BCUT2D eigenvalue weighted by molar-refractivity contribution is 5.51. The van der Waals surface area contributed by atoms with Crippen molar-refractivity contribution in [3.63, 3.8) is 0 Å². The lowest BCUT2D eigenvalue weighted by Gasteiger charge is -2.18. The largest absolute Gasteiger partial charge is 0.302 e. The third kappa shape index (κ3) is 3.02. The van der Waals surface area contributed by atoms with Gasteiger partial charge in [-0.1, -0.05) is 13.3 Å². The standard InChI is InChI=1S/C9H17NO/c1-9-4-2-3-5-10(8-9)6-7-11/h7,9H,2-6,8H2,1H3. The van der Waals surface area contributed by atoms with Crippen LogP contribution in [0.3, 0.4) is 0 Å². The monoisotopic (exact) mass is 155 g/mol. The van der Waals surface area contributed by atoms with Crippen LogP contribution < -0.4 is 0 Å². The Morgan fingerprint density at radius 1 is 1.55 bits per heavy atom. The van der Waals surface area contributed by atoms with Gasteiger partial charge in [0, 0.05) is 6.54 Å². The number of nitrogens with zero attached hydrogens (tertiary/aromatic N) is 1. The summed E-state index contributed by atoms with van der Waals surface area (Å²) in [7, 11) is 0. The molecule has 1 heterocycles. The van der Waals surface area contributed by atoms with E-state index in [1.807, 2.05) is 0 Å². The summed E-state index contributed by atoms with van der Waals surface area (Å²) in [5.74, 6) is 0.775. The van der Waals surface area contributed by atoms with Gasteiger partial charge in [-0.25, -0.2) is 0 Å². The fourth-order valence-corrected chi connectivity index (χ4v) is 1.72. The quantitative estimate of drug-likeness (QED) is 0.560. The highest BCUT2D eigenvalue weighted by atomic mass is 16.1. The van der Waals surface area contributed by atoms with Gasteiger partial charge in [0.25, 0.3) is 0 Å². The molecule has 0 amide bonds. The molecule has 1 unspecified atom stereocenters. The van der Waals surface area contributed by atoms with Crippen LogP contribution in [0, 0.1) is 5.92 Å². The van der Waals surface area contributed by atoms with Gasteiger partial charge in [-0.05, 0) is 25.3 Å². The maximum absolute atomic E-state index is 10.3. The fourth-order valence-electron chi connectivity index (χ4n) is 1.72. The first kappa shape index (κ1) is 8.72. The summed E-state index contributed by atoms with van der Waals surface area (Å²) in [6.07, 6.45) is 4.93. The van der Waals surface area contributed by atoms with Gasteiger partial charge in [0.05, 0.1) is 6.54 Å². The van der Waals surface area contributed by atoms with E-state index in [2.05, 4.69) is 11.8 Å². The first-order chi connectivity index (χ1) is 5.33. The Kier molecular flexibility index (Phi) is 3.57. The van der Waals surface area contributed by atoms with E-state index in [1.54, 1.807) is 0 Å². The van der Waals surface area contributed by atoms with Gasteiger partial charge < -0.3 is 4.79 Å². The van der Waals surface area contributed by atoms with Gasteiger partial charge in [0.15, 0.2) is 0 Å². The van der Waals surface area contributed by atoms with Crippen LogP contribution in [0.25, 0.3) is 0 Å². The molecule has 1 atom stereocenters. The van der Waals surface area contributed by atoms with Gasteiger partial charge in [-0.3, -0.25) is 4.90 Å². The molecule has 11 heavy (non-hydrogen) atoms. The zero-order valence-corrected chi connectivity index (χ0v) is 7.25. The van der Waals surface area contributed by atoms with Crippen LogP contribution in [0.1, 0.15) is 26.2 Å². The molecule has 1 saturated heterocycles. The molecule has 1 fully saturated rings. The second kappa shape index (κ2) is 4.50. The van der Waals surface area contributed by atoms with Crippen molar-refractivity contribution in [3.05, 3.63) is 0 Å². The van der Waals surface area contributed by atoms with Crippen LogP contribution in [-0.2, 0) is 4.79 Å². The van der Waals surface area contributed by atoms with Crippen molar-refractivity contribution < 1.29 is 4.79 Å². The van der Waals surface area contributed by atoms with Crippen molar-refractivity contribution >= 4 is 6.29 Å². The minimum absolute atomic E-state index is 0.629. The van der Waals surface area contributed by atoms with Crippen molar-refractivity contribution in [2.24, 2.45) is 5.92 Å². The molecule has 0 aromatic rings. The molecule has 0 spiro atoms. The van der Waals surface area contributed by atoms with Gasteiger partial charge in [0.1, 0.15) is 6.29 Å². The second-order valence-electron chi connectivity index (χ2n) is 3.53. The minimum Gasteiger partial charge on any atom is -0.302 e. The molecule has 1 aliphatic rings. The van der Waals surface area contributed by atoms with Crippen molar-refractivity contribution in [1.82, 2.24) is 4.90 Å². The smallest absolute Gasteiger partial charge is 0.133 e. The van der Waals surface area contributed by atoms with E-state index < -0.39 is 0 Å². The lowest BCUT2D eigenvalue weighted by atomic mass is 10.1. The average Bonchev–Trinajstić information content (AvgIpc) is 2.15. The molecule has 0 aliphatic carbocycles. The normalized spacial score (nSPS) is 27.9. The Labute approximate surface area is 68.6 Å². The fraction of sp³-hybridized carbons (Fsp3) is 0.889. The van der Waals surface area contributed by atoms with Crippen molar-refractivity contribution in [2.45, 2.75) is 26.2 Å².